The van der Waals surface area contributed by atoms with E-state index in [1.165, 1.54) is 24.5 Å². The summed E-state index contributed by atoms with van der Waals surface area (Å²) in [6, 6.07) is 8.41. The highest BCUT2D eigenvalue weighted by Gasteiger charge is 2.48. The van der Waals surface area contributed by atoms with Crippen LogP contribution < -0.4 is 20.7 Å². The van der Waals surface area contributed by atoms with Crippen LogP contribution in [0.15, 0.2) is 96.0 Å². The van der Waals surface area contributed by atoms with Gasteiger partial charge in [0.25, 0.3) is 10.1 Å². The number of likely N-dealkylation sites (N-methyl/N-ethyl adjacent to an activating group) is 1. The summed E-state index contributed by atoms with van der Waals surface area (Å²) in [5, 5.41) is 3.14. The van der Waals surface area contributed by atoms with Gasteiger partial charge in [-0.2, -0.15) is 21.6 Å². The summed E-state index contributed by atoms with van der Waals surface area (Å²) >= 11 is 0. The number of carbonyl (C=O) groups is 1. The molecule has 0 aliphatic carbocycles. The van der Waals surface area contributed by atoms with E-state index in [1.807, 2.05) is 41.9 Å². The van der Waals surface area contributed by atoms with Gasteiger partial charge in [0.05, 0.1) is 56.2 Å². The molecule has 5 atom stereocenters. The van der Waals surface area contributed by atoms with E-state index >= 15 is 0 Å². The molecule has 87 heavy (non-hydrogen) atoms. The minimum absolute atomic E-state index is 0.0200. The van der Waals surface area contributed by atoms with Crippen molar-refractivity contribution in [3.8, 4) is 17.6 Å². The zero-order valence-corrected chi connectivity index (χ0v) is 53.3. The Bertz CT molecular complexity index is 4060. The number of aromatic nitrogens is 3. The maximum atomic E-state index is 13.5. The first-order chi connectivity index (χ1) is 40.4. The average Bonchev–Trinajstić information content (AvgIpc) is 1.74. The maximum absolute atomic E-state index is 13.5. The van der Waals surface area contributed by atoms with E-state index in [2.05, 4.69) is 107 Å². The molecule has 2 aromatic heterocycles. The fourth-order valence-electron chi connectivity index (χ4n) is 11.2. The van der Waals surface area contributed by atoms with Crippen LogP contribution in [0.2, 0.25) is 0 Å². The molecular formula is C56H70N7O19P3S2. The lowest BCUT2D eigenvalue weighted by atomic mass is 9.75. The van der Waals surface area contributed by atoms with Gasteiger partial charge in [0.2, 0.25) is 11.6 Å². The number of nitrogens with one attached hydrogen (secondary N) is 1. The van der Waals surface area contributed by atoms with E-state index in [-0.39, 0.29) is 72.8 Å². The lowest BCUT2D eigenvalue weighted by Crippen LogP contribution is -2.45. The Morgan fingerprint density at radius 3 is 2.41 bits per heavy atom. The fraction of sp³-hybridized carbons (Fsp3) is 0.429. The Kier molecular flexibility index (Phi) is 19.6. The van der Waals surface area contributed by atoms with E-state index < -0.39 is 73.8 Å². The van der Waals surface area contributed by atoms with Gasteiger partial charge < -0.3 is 54.1 Å². The van der Waals surface area contributed by atoms with Crippen molar-refractivity contribution >= 4 is 94.7 Å². The first-order valence-corrected chi connectivity index (χ1v) is 35.0. The number of carbonyl (C=O) groups excluding carboxylic acids is 1. The molecule has 3 unspecified atom stereocenters. The number of rotatable bonds is 22. The number of hydrogen-bond acceptors (Lipinski definition) is 18. The van der Waals surface area contributed by atoms with Crippen LogP contribution in [0.3, 0.4) is 0 Å². The Balaban J connectivity index is 0.997. The predicted molar refractivity (Wildman–Crippen MR) is 323 cm³/mol. The molecule has 0 spiro atoms. The van der Waals surface area contributed by atoms with Gasteiger partial charge in [-0.1, -0.05) is 63.0 Å². The van der Waals surface area contributed by atoms with Gasteiger partial charge >= 0.3 is 23.5 Å². The highest BCUT2D eigenvalue weighted by Crippen LogP contribution is 2.66. The van der Waals surface area contributed by atoms with Crippen molar-refractivity contribution in [3.05, 3.63) is 113 Å². The minimum Gasteiger partial charge on any atom is -0.748 e. The van der Waals surface area contributed by atoms with Crippen LogP contribution in [0.1, 0.15) is 122 Å². The molecule has 4 aromatic rings. The molecule has 470 valence electrons. The summed E-state index contributed by atoms with van der Waals surface area (Å²) in [6.07, 6.45) is 15.7. The molecule has 6 heterocycles. The summed E-state index contributed by atoms with van der Waals surface area (Å²) < 4.78 is 134. The van der Waals surface area contributed by atoms with Crippen molar-refractivity contribution in [1.29, 1.82) is 0 Å². The van der Waals surface area contributed by atoms with Crippen molar-refractivity contribution in [1.82, 2.24) is 19.9 Å². The number of hydrogen-bond donors (Lipinski definition) is 7. The van der Waals surface area contributed by atoms with Crippen LogP contribution in [-0.4, -0.2) is 120 Å². The van der Waals surface area contributed by atoms with Crippen molar-refractivity contribution in [2.24, 2.45) is 5.41 Å². The topological polar surface area (TPSA) is 382 Å². The highest BCUT2D eigenvalue weighted by molar-refractivity contribution is 7.86. The number of ether oxygens (including phenoxy) is 2. The van der Waals surface area contributed by atoms with Crippen LogP contribution in [-0.2, 0) is 62.0 Å². The van der Waals surface area contributed by atoms with Crippen LogP contribution in [0.25, 0.3) is 22.2 Å². The number of nitrogens with zero attached hydrogens (tertiary/aromatic N) is 5. The lowest BCUT2D eigenvalue weighted by Gasteiger charge is -2.43. The fourth-order valence-corrected chi connectivity index (χ4v) is 15.3. The third kappa shape index (κ3) is 16.1. The van der Waals surface area contributed by atoms with Crippen molar-refractivity contribution in [3.63, 3.8) is 0 Å². The molecule has 8 N–H and O–H groups in total. The Hall–Kier alpha value is -5.95. The molecular weight excluding hydrogens is 1230 g/mol. The average molecular weight is 1300 g/mol. The normalized spacial score (nSPS) is 21.4. The number of benzene rings is 2. The predicted octanol–water partition coefficient (Wildman–Crippen LogP) is 8.45. The zero-order chi connectivity index (χ0) is 63.9. The number of nitrogen functional groups attached to an aromatic ring is 1. The molecule has 2 aromatic carbocycles. The second-order valence-corrected chi connectivity index (χ2v) is 30.3. The zero-order valence-electron chi connectivity index (χ0n) is 48.9. The molecule has 0 bridgehead atoms. The van der Waals surface area contributed by atoms with E-state index in [4.69, 9.17) is 29.5 Å². The second-order valence-electron chi connectivity index (χ2n) is 23.0. The summed E-state index contributed by atoms with van der Waals surface area (Å²) in [5.74, 6) is 6.43. The van der Waals surface area contributed by atoms with Gasteiger partial charge in [-0.15, -0.1) is 0 Å². The van der Waals surface area contributed by atoms with Crippen molar-refractivity contribution in [2.45, 2.75) is 122 Å². The SMILES string of the molecule is CCN1c2cc3c(cc2C(C)=CC1(C)C)C(=CC=CC=CC1=[N+](CCCS(=O)(=O)[O-])c2ccc(S(=O)(=O)O)cc2C1(C)CCCC(=O)NCC#Cc1cn([C@H]2CC[C@@H](COP(=O)(O)OP(=O)(O)OP(=O)(O)O)O2)c2ncnc(N)c12)C=C(C(C)(C)C)O3. The third-order valence-corrected chi connectivity index (χ3v) is 20.5. The van der Waals surface area contributed by atoms with Crippen molar-refractivity contribution < 1.29 is 91.2 Å². The number of anilines is 2. The van der Waals surface area contributed by atoms with Crippen molar-refractivity contribution in [2.75, 3.05) is 42.6 Å². The van der Waals surface area contributed by atoms with Crippen LogP contribution >= 0.6 is 23.5 Å². The van der Waals surface area contributed by atoms with Gasteiger partial charge in [0, 0.05) is 77.3 Å². The monoisotopic (exact) mass is 1300 g/mol. The second kappa shape index (κ2) is 25.5. The molecule has 1 amide bonds. The molecule has 8 rings (SSSR count). The summed E-state index contributed by atoms with van der Waals surface area (Å²) in [5.41, 5.74) is 12.2. The quantitative estimate of drug-likeness (QED) is 0.0127. The summed E-state index contributed by atoms with van der Waals surface area (Å²) in [4.78, 5) is 60.9. The summed E-state index contributed by atoms with van der Waals surface area (Å²) in [6.45, 7) is 16.8. The lowest BCUT2D eigenvalue weighted by molar-refractivity contribution is -0.437. The standard InChI is InChI=1S/C56H70N7O19P3S2/c1-9-63-45-31-46-42(30-41(45)36(2)32-55(63,6)7)37(28-48(80-46)54(3,4)5)16-11-10-12-18-47-56(8,43-29-40(87(75,76)77)21-22-44(43)61(47)26-15-27-86(72,73)74)24-13-19-49(64)58-25-14-17-38-33-62(53-51(38)52(57)59-35-60-53)50-23-20-39(79-50)34-78-84(68,69)82-85(70,71)81-83(65,66)67/h10-12,16,18,21-22,28-33,35,39,50H,9,13,15,19-20,23-27,34H2,1-8H3,(H8-,57,58,59,60,64,65,66,67,68,69,70,71,72,73,74,75,76,77)/t39-,50+,56?/m0/s1. The number of amides is 1. The van der Waals surface area contributed by atoms with Crippen LogP contribution in [0, 0.1) is 17.3 Å². The molecule has 1 fully saturated rings. The number of nitrogens with two attached hydrogens (primary N) is 1. The van der Waals surface area contributed by atoms with E-state index in [1.54, 1.807) is 16.8 Å². The highest BCUT2D eigenvalue weighted by atomic mass is 32.2. The first-order valence-electron chi connectivity index (χ1n) is 27.5. The molecule has 26 nitrogen and oxygen atoms in total. The van der Waals surface area contributed by atoms with Crippen LogP contribution in [0.5, 0.6) is 5.75 Å². The number of allylic oxidation sites excluding steroid dienone is 9. The largest absolute Gasteiger partial charge is 0.748 e. The first kappa shape index (κ1) is 67.0. The van der Waals surface area contributed by atoms with Gasteiger partial charge in [0.1, 0.15) is 42.1 Å². The van der Waals surface area contributed by atoms with Gasteiger partial charge in [-0.3, -0.25) is 13.9 Å². The molecule has 1 saturated heterocycles. The Morgan fingerprint density at radius 2 is 1.74 bits per heavy atom. The maximum Gasteiger partial charge on any atom is 0.490 e. The van der Waals surface area contributed by atoms with Gasteiger partial charge in [-0.05, 0) is 95.7 Å². The number of fused-ring (bicyclic) bond motifs is 4. The smallest absolute Gasteiger partial charge is 0.490 e. The molecule has 4 aliphatic heterocycles. The third-order valence-electron chi connectivity index (χ3n) is 15.0. The number of phosphoric acid groups is 3. The molecule has 31 heteroatoms. The minimum atomic E-state index is -5.73. The van der Waals surface area contributed by atoms with E-state index in [0.29, 0.717) is 40.0 Å². The van der Waals surface area contributed by atoms with Gasteiger partial charge in [-0.25, -0.2) is 32.1 Å². The molecule has 0 radical (unpaired) electrons. The molecule has 4 aliphatic rings. The Morgan fingerprint density at radius 1 is 1.00 bits per heavy atom. The van der Waals surface area contributed by atoms with Crippen LogP contribution in [0.4, 0.5) is 17.2 Å². The van der Waals surface area contributed by atoms with Gasteiger partial charge in [0.15, 0.2) is 5.71 Å². The Labute approximate surface area is 504 Å². The van der Waals surface area contributed by atoms with E-state index in [0.717, 1.165) is 46.0 Å². The number of phosphoric ester groups is 1. The van der Waals surface area contributed by atoms with E-state index in [9.17, 15) is 54.2 Å². The summed E-state index contributed by atoms with van der Waals surface area (Å²) in [7, 11) is -26.0. The molecule has 0 saturated carbocycles.